The molecule has 3 N–H and O–H groups in total. The number of nitrogens with one attached hydrogen (secondary N) is 1. The predicted octanol–water partition coefficient (Wildman–Crippen LogP) is 1.51. The molecule has 2 aliphatic heterocycles. The largest absolute Gasteiger partial charge is 0.376 e. The molecule has 0 spiro atoms. The number of halogens is 1. The Kier molecular flexibility index (Phi) is 5.82. The number of rotatable bonds is 6. The first kappa shape index (κ1) is 18.8. The van der Waals surface area contributed by atoms with Gasteiger partial charge in [0.15, 0.2) is 0 Å². The van der Waals surface area contributed by atoms with Crippen LogP contribution in [-0.2, 0) is 11.3 Å². The Balaban J connectivity index is 1.32. The molecule has 0 aliphatic carbocycles. The van der Waals surface area contributed by atoms with Crippen molar-refractivity contribution in [2.75, 3.05) is 55.3 Å². The summed E-state index contributed by atoms with van der Waals surface area (Å²) in [5, 5.41) is 3.20. The zero-order chi connectivity index (χ0) is 19.3. The van der Waals surface area contributed by atoms with Gasteiger partial charge in [0.1, 0.15) is 11.6 Å². The van der Waals surface area contributed by atoms with E-state index in [4.69, 9.17) is 10.5 Å². The molecule has 1 aromatic heterocycles. The summed E-state index contributed by atoms with van der Waals surface area (Å²) in [5.74, 6) is 1.16. The summed E-state index contributed by atoms with van der Waals surface area (Å²) in [5.41, 5.74) is 6.52. The van der Waals surface area contributed by atoms with Crippen LogP contribution in [0.1, 0.15) is 18.7 Å². The first-order valence-electron chi connectivity index (χ1n) is 9.75. The number of anilines is 3. The highest BCUT2D eigenvalue weighted by atomic mass is 19.1. The Labute approximate surface area is 163 Å². The minimum atomic E-state index is -0.178. The van der Waals surface area contributed by atoms with Gasteiger partial charge in [0.05, 0.1) is 18.3 Å². The quantitative estimate of drug-likeness (QED) is 0.771. The highest BCUT2D eigenvalue weighted by Crippen LogP contribution is 2.20. The smallest absolute Gasteiger partial charge is 0.227 e. The lowest BCUT2D eigenvalue weighted by Crippen LogP contribution is -2.46. The summed E-state index contributed by atoms with van der Waals surface area (Å²) in [6, 6.07) is 6.90. The molecule has 1 aromatic carbocycles. The maximum absolute atomic E-state index is 14.0. The molecule has 0 radical (unpaired) electrons. The number of nitrogens with two attached hydrogens (primary N) is 1. The van der Waals surface area contributed by atoms with E-state index in [-0.39, 0.29) is 17.9 Å². The number of piperazine rings is 1. The SMILES string of the molecule is Nc1nc(CN2CCN(c3ccccc3F)CC2)nc(NCC2CCCO2)n1. The maximum Gasteiger partial charge on any atom is 0.227 e. The molecule has 150 valence electrons. The van der Waals surface area contributed by atoms with E-state index in [0.29, 0.717) is 30.5 Å². The molecular weight excluding hydrogens is 361 g/mol. The third kappa shape index (κ3) is 4.66. The van der Waals surface area contributed by atoms with Crippen LogP contribution in [0.5, 0.6) is 0 Å². The van der Waals surface area contributed by atoms with Gasteiger partial charge >= 0.3 is 0 Å². The van der Waals surface area contributed by atoms with E-state index in [9.17, 15) is 4.39 Å². The summed E-state index contributed by atoms with van der Waals surface area (Å²) in [4.78, 5) is 17.3. The van der Waals surface area contributed by atoms with Crippen molar-refractivity contribution >= 4 is 17.6 Å². The lowest BCUT2D eigenvalue weighted by molar-refractivity contribution is 0.120. The van der Waals surface area contributed by atoms with E-state index >= 15 is 0 Å². The van der Waals surface area contributed by atoms with Gasteiger partial charge in [0.2, 0.25) is 11.9 Å². The molecule has 2 aliphatic rings. The fourth-order valence-corrected chi connectivity index (χ4v) is 3.65. The van der Waals surface area contributed by atoms with Gasteiger partial charge in [0, 0.05) is 39.3 Å². The number of ether oxygens (including phenoxy) is 1. The molecule has 2 fully saturated rings. The Morgan fingerprint density at radius 2 is 1.96 bits per heavy atom. The van der Waals surface area contributed by atoms with Crippen LogP contribution >= 0.6 is 0 Å². The van der Waals surface area contributed by atoms with Crippen LogP contribution in [0.15, 0.2) is 24.3 Å². The number of benzene rings is 1. The van der Waals surface area contributed by atoms with E-state index in [0.717, 1.165) is 45.6 Å². The lowest BCUT2D eigenvalue weighted by Gasteiger charge is -2.35. The first-order valence-corrected chi connectivity index (χ1v) is 9.75. The summed E-state index contributed by atoms with van der Waals surface area (Å²) < 4.78 is 19.6. The van der Waals surface area contributed by atoms with Crippen LogP contribution in [0.2, 0.25) is 0 Å². The van der Waals surface area contributed by atoms with Gasteiger partial charge in [0.25, 0.3) is 0 Å². The highest BCUT2D eigenvalue weighted by Gasteiger charge is 2.21. The Hall–Kier alpha value is -2.52. The van der Waals surface area contributed by atoms with Crippen molar-refractivity contribution in [1.82, 2.24) is 19.9 Å². The second-order valence-corrected chi connectivity index (χ2v) is 7.16. The average molecular weight is 387 g/mol. The van der Waals surface area contributed by atoms with Gasteiger partial charge in [-0.25, -0.2) is 4.39 Å². The second-order valence-electron chi connectivity index (χ2n) is 7.16. The van der Waals surface area contributed by atoms with E-state index < -0.39 is 0 Å². The van der Waals surface area contributed by atoms with Crippen LogP contribution in [0.25, 0.3) is 0 Å². The number of para-hydroxylation sites is 1. The number of hydrogen-bond donors (Lipinski definition) is 2. The molecule has 4 rings (SSSR count). The maximum atomic E-state index is 14.0. The zero-order valence-corrected chi connectivity index (χ0v) is 15.9. The normalized spacial score (nSPS) is 20.5. The first-order chi connectivity index (χ1) is 13.7. The molecule has 8 nitrogen and oxygen atoms in total. The van der Waals surface area contributed by atoms with E-state index in [1.54, 1.807) is 6.07 Å². The monoisotopic (exact) mass is 387 g/mol. The summed E-state index contributed by atoms with van der Waals surface area (Å²) in [7, 11) is 0. The molecule has 1 unspecified atom stereocenters. The minimum Gasteiger partial charge on any atom is -0.376 e. The van der Waals surface area contributed by atoms with Crippen LogP contribution in [0.4, 0.5) is 22.0 Å². The third-order valence-corrected chi connectivity index (χ3v) is 5.14. The van der Waals surface area contributed by atoms with Gasteiger partial charge < -0.3 is 20.7 Å². The van der Waals surface area contributed by atoms with Crippen molar-refractivity contribution in [1.29, 1.82) is 0 Å². The molecule has 2 saturated heterocycles. The molecular formula is C19H26FN7O. The van der Waals surface area contributed by atoms with E-state index in [2.05, 4.69) is 30.1 Å². The average Bonchev–Trinajstić information content (AvgIpc) is 3.21. The minimum absolute atomic E-state index is 0.178. The standard InChI is InChI=1S/C19H26FN7O/c20-15-5-1-2-6-16(15)27-9-7-26(8-10-27)13-17-23-18(21)25-19(24-17)22-12-14-4-3-11-28-14/h1-2,5-6,14H,3-4,7-13H2,(H3,21,22,23,24,25). The van der Waals surface area contributed by atoms with Gasteiger partial charge in [-0.3, -0.25) is 4.90 Å². The molecule has 0 saturated carbocycles. The predicted molar refractivity (Wildman–Crippen MR) is 106 cm³/mol. The van der Waals surface area contributed by atoms with Crippen molar-refractivity contribution in [2.45, 2.75) is 25.5 Å². The number of hydrogen-bond acceptors (Lipinski definition) is 8. The molecule has 2 aromatic rings. The number of nitrogens with zero attached hydrogens (tertiary/aromatic N) is 5. The van der Waals surface area contributed by atoms with E-state index in [1.807, 2.05) is 12.1 Å². The van der Waals surface area contributed by atoms with Crippen LogP contribution in [0.3, 0.4) is 0 Å². The van der Waals surface area contributed by atoms with Crippen molar-refractivity contribution < 1.29 is 9.13 Å². The Morgan fingerprint density at radius 1 is 1.14 bits per heavy atom. The molecule has 28 heavy (non-hydrogen) atoms. The summed E-state index contributed by atoms with van der Waals surface area (Å²) in [6.45, 7) is 5.20. The van der Waals surface area contributed by atoms with Crippen molar-refractivity contribution in [2.24, 2.45) is 0 Å². The molecule has 1 atom stereocenters. The fraction of sp³-hybridized carbons (Fsp3) is 0.526. The van der Waals surface area contributed by atoms with Crippen molar-refractivity contribution in [3.05, 3.63) is 35.9 Å². The van der Waals surface area contributed by atoms with Crippen LogP contribution < -0.4 is 16.0 Å². The number of nitrogen functional groups attached to an aromatic ring is 1. The van der Waals surface area contributed by atoms with Gasteiger partial charge in [-0.05, 0) is 25.0 Å². The summed E-state index contributed by atoms with van der Waals surface area (Å²) >= 11 is 0. The highest BCUT2D eigenvalue weighted by molar-refractivity contribution is 5.48. The van der Waals surface area contributed by atoms with Crippen molar-refractivity contribution in [3.63, 3.8) is 0 Å². The van der Waals surface area contributed by atoms with Gasteiger partial charge in [-0.1, -0.05) is 12.1 Å². The lowest BCUT2D eigenvalue weighted by atomic mass is 10.2. The van der Waals surface area contributed by atoms with E-state index in [1.165, 1.54) is 6.07 Å². The van der Waals surface area contributed by atoms with Crippen LogP contribution in [-0.4, -0.2) is 65.3 Å². The zero-order valence-electron chi connectivity index (χ0n) is 15.9. The van der Waals surface area contributed by atoms with Gasteiger partial charge in [-0.15, -0.1) is 0 Å². The van der Waals surface area contributed by atoms with Gasteiger partial charge in [-0.2, -0.15) is 15.0 Å². The molecule has 9 heteroatoms. The Morgan fingerprint density at radius 3 is 2.71 bits per heavy atom. The number of aromatic nitrogens is 3. The molecule has 0 amide bonds. The van der Waals surface area contributed by atoms with Crippen molar-refractivity contribution in [3.8, 4) is 0 Å². The molecule has 0 bridgehead atoms. The summed E-state index contributed by atoms with van der Waals surface area (Å²) in [6.07, 6.45) is 2.34. The topological polar surface area (TPSA) is 92.4 Å². The third-order valence-electron chi connectivity index (χ3n) is 5.14. The Bertz CT molecular complexity index is 792. The second kappa shape index (κ2) is 8.66. The fourth-order valence-electron chi connectivity index (χ4n) is 3.65. The van der Waals surface area contributed by atoms with Crippen LogP contribution in [0, 0.1) is 5.82 Å². The molecule has 3 heterocycles.